The van der Waals surface area contributed by atoms with Crippen LogP contribution in [0.2, 0.25) is 0 Å². The Bertz CT molecular complexity index is 975. The maximum absolute atomic E-state index is 12.0. The van der Waals surface area contributed by atoms with Gasteiger partial charge in [0.25, 0.3) is 0 Å². The number of hydrogen-bond acceptors (Lipinski definition) is 5. The van der Waals surface area contributed by atoms with Gasteiger partial charge >= 0.3 is 0 Å². The molecule has 0 spiro atoms. The molecule has 0 bridgehead atoms. The fraction of sp³-hybridized carbons (Fsp3) is 0.567. The number of benzene rings is 2. The van der Waals surface area contributed by atoms with Gasteiger partial charge in [0.05, 0.1) is 6.07 Å². The molecule has 0 saturated carbocycles. The Labute approximate surface area is 224 Å². The molecular formula is C30H41NO3S2. The Morgan fingerprint density at radius 2 is 1.53 bits per heavy atom. The highest BCUT2D eigenvalue weighted by molar-refractivity contribution is 7.99. The average Bonchev–Trinajstić information content (AvgIpc) is 2.87. The van der Waals surface area contributed by atoms with Crippen molar-refractivity contribution in [3.05, 3.63) is 53.6 Å². The molecule has 6 heteroatoms. The van der Waals surface area contributed by atoms with Gasteiger partial charge in [0.1, 0.15) is 23.0 Å². The summed E-state index contributed by atoms with van der Waals surface area (Å²) in [6.07, 6.45) is 11.7. The molecule has 0 saturated heterocycles. The zero-order valence-corrected chi connectivity index (χ0v) is 23.2. The van der Waals surface area contributed by atoms with Gasteiger partial charge in [-0.25, -0.2) is 0 Å². The van der Waals surface area contributed by atoms with Crippen molar-refractivity contribution in [3.8, 4) is 17.6 Å². The van der Waals surface area contributed by atoms with Gasteiger partial charge < -0.3 is 14.8 Å². The second-order valence-electron chi connectivity index (χ2n) is 10.3. The number of fused-ring (bicyclic) bond motifs is 1. The van der Waals surface area contributed by atoms with Crippen molar-refractivity contribution >= 4 is 22.9 Å². The van der Waals surface area contributed by atoms with Crippen LogP contribution in [0.4, 0.5) is 0 Å². The van der Waals surface area contributed by atoms with E-state index in [2.05, 4.69) is 31.2 Å². The molecule has 196 valence electrons. The number of nitriles is 1. The SMILES string of the molecule is CC1(c2ccc(O)cc2)CSc2cc(O)ccc2C1CCCCCCCCC[S+]([O-])CCCCC#N. The first kappa shape index (κ1) is 28.8. The van der Waals surface area contributed by atoms with Gasteiger partial charge in [0.15, 0.2) is 0 Å². The van der Waals surface area contributed by atoms with Gasteiger partial charge in [-0.1, -0.05) is 68.4 Å². The van der Waals surface area contributed by atoms with Gasteiger partial charge in [-0.2, -0.15) is 5.26 Å². The molecular weight excluding hydrogens is 486 g/mol. The summed E-state index contributed by atoms with van der Waals surface area (Å²) in [5, 5.41) is 28.4. The highest BCUT2D eigenvalue weighted by Gasteiger charge is 2.41. The molecule has 2 N–H and O–H groups in total. The van der Waals surface area contributed by atoms with Crippen LogP contribution in [0.15, 0.2) is 47.4 Å². The van der Waals surface area contributed by atoms with E-state index in [4.69, 9.17) is 5.26 Å². The molecule has 4 nitrogen and oxygen atoms in total. The lowest BCUT2D eigenvalue weighted by molar-refractivity contribution is 0.370. The first-order chi connectivity index (χ1) is 17.4. The van der Waals surface area contributed by atoms with Gasteiger partial charge in [0, 0.05) is 22.5 Å². The summed E-state index contributed by atoms with van der Waals surface area (Å²) in [5.74, 6) is 3.51. The molecule has 0 fully saturated rings. The quantitative estimate of drug-likeness (QED) is 0.182. The average molecular weight is 528 g/mol. The van der Waals surface area contributed by atoms with E-state index < -0.39 is 11.2 Å². The van der Waals surface area contributed by atoms with Gasteiger partial charge in [0.2, 0.25) is 0 Å². The van der Waals surface area contributed by atoms with E-state index in [1.165, 1.54) is 48.1 Å². The summed E-state index contributed by atoms with van der Waals surface area (Å²) < 4.78 is 12.0. The smallest absolute Gasteiger partial charge is 0.116 e. The van der Waals surface area contributed by atoms with E-state index in [1.54, 1.807) is 12.1 Å². The summed E-state index contributed by atoms with van der Waals surface area (Å²) in [5.41, 5.74) is 2.58. The molecule has 3 atom stereocenters. The number of thioether (sulfide) groups is 1. The highest BCUT2D eigenvalue weighted by atomic mass is 32.2. The van der Waals surface area contributed by atoms with Crippen LogP contribution in [-0.2, 0) is 16.6 Å². The Balaban J connectivity index is 1.43. The summed E-state index contributed by atoms with van der Waals surface area (Å²) >= 11 is 1.10. The Kier molecular flexibility index (Phi) is 11.8. The standard InChI is InChI=1S/C30H41NO3S2/c1-30(24-13-15-25(32)16-14-24)23-35-29-22-26(33)17-18-27(29)28(30)12-8-5-3-2-4-6-10-20-36(34)21-11-7-9-19-31/h13-18,22,28,32-33H,2-12,20-21,23H2,1H3. The van der Waals surface area contributed by atoms with Crippen LogP contribution in [-0.4, -0.2) is 32.0 Å². The molecule has 2 aromatic carbocycles. The lowest BCUT2D eigenvalue weighted by Gasteiger charge is -2.43. The number of aromatic hydroxyl groups is 2. The van der Waals surface area contributed by atoms with Crippen LogP contribution in [0.1, 0.15) is 94.6 Å². The van der Waals surface area contributed by atoms with Gasteiger partial charge in [-0.3, -0.25) is 0 Å². The summed E-state index contributed by atoms with van der Waals surface area (Å²) in [4.78, 5) is 1.19. The third kappa shape index (κ3) is 8.36. The van der Waals surface area contributed by atoms with E-state index in [0.29, 0.717) is 23.8 Å². The van der Waals surface area contributed by atoms with Gasteiger partial charge in [-0.05, 0) is 73.4 Å². The molecule has 0 amide bonds. The number of nitrogens with zero attached hydrogens (tertiary/aromatic N) is 1. The maximum atomic E-state index is 12.0. The molecule has 1 heterocycles. The van der Waals surface area contributed by atoms with Crippen molar-refractivity contribution < 1.29 is 14.8 Å². The van der Waals surface area contributed by atoms with E-state index in [9.17, 15) is 14.8 Å². The molecule has 3 unspecified atom stereocenters. The third-order valence-corrected chi connectivity index (χ3v) is 10.4. The van der Waals surface area contributed by atoms with Crippen LogP contribution >= 0.6 is 11.8 Å². The number of phenols is 2. The minimum Gasteiger partial charge on any atom is -0.616 e. The Morgan fingerprint density at radius 3 is 2.22 bits per heavy atom. The van der Waals surface area contributed by atoms with Crippen molar-refractivity contribution in [1.29, 1.82) is 5.26 Å². The predicted molar refractivity (Wildman–Crippen MR) is 151 cm³/mol. The van der Waals surface area contributed by atoms with Crippen molar-refractivity contribution in [1.82, 2.24) is 0 Å². The minimum absolute atomic E-state index is 0.0212. The number of rotatable bonds is 15. The normalized spacial score (nSPS) is 20.0. The summed E-state index contributed by atoms with van der Waals surface area (Å²) in [6, 6.07) is 15.7. The van der Waals surface area contributed by atoms with Gasteiger partial charge in [-0.15, -0.1) is 11.8 Å². The molecule has 1 aliphatic rings. The zero-order chi connectivity index (χ0) is 25.8. The van der Waals surface area contributed by atoms with E-state index in [1.807, 2.05) is 23.9 Å². The summed E-state index contributed by atoms with van der Waals surface area (Å²) in [7, 11) is 0. The molecule has 1 aliphatic heterocycles. The van der Waals surface area contributed by atoms with Crippen molar-refractivity contribution in [2.75, 3.05) is 17.3 Å². The maximum Gasteiger partial charge on any atom is 0.116 e. The number of hydrogen-bond donors (Lipinski definition) is 2. The topological polar surface area (TPSA) is 87.3 Å². The fourth-order valence-corrected chi connectivity index (χ4v) is 7.93. The lowest BCUT2D eigenvalue weighted by atomic mass is 9.68. The molecule has 3 rings (SSSR count). The van der Waals surface area contributed by atoms with Crippen LogP contribution in [0.25, 0.3) is 0 Å². The Morgan fingerprint density at radius 1 is 0.917 bits per heavy atom. The fourth-order valence-electron chi connectivity index (χ4n) is 5.27. The molecule has 2 aromatic rings. The first-order valence-electron chi connectivity index (χ1n) is 13.4. The Hall–Kier alpha value is -1.81. The molecule has 0 aliphatic carbocycles. The van der Waals surface area contributed by atoms with Crippen molar-refractivity contribution in [3.63, 3.8) is 0 Å². The molecule has 36 heavy (non-hydrogen) atoms. The number of unbranched alkanes of at least 4 members (excludes halogenated alkanes) is 8. The van der Waals surface area contributed by atoms with Crippen LogP contribution < -0.4 is 0 Å². The predicted octanol–water partition coefficient (Wildman–Crippen LogP) is 7.81. The second kappa shape index (κ2) is 14.8. The number of phenolic OH excluding ortho intramolecular Hbond substituents is 2. The first-order valence-corrected chi connectivity index (χ1v) is 15.9. The summed E-state index contributed by atoms with van der Waals surface area (Å²) in [6.45, 7) is 2.35. The third-order valence-electron chi connectivity index (χ3n) is 7.47. The lowest BCUT2D eigenvalue weighted by Crippen LogP contribution is -2.36. The monoisotopic (exact) mass is 527 g/mol. The second-order valence-corrected chi connectivity index (χ2v) is 13.0. The van der Waals surface area contributed by atoms with E-state index in [0.717, 1.165) is 49.4 Å². The zero-order valence-electron chi connectivity index (χ0n) is 21.6. The van der Waals surface area contributed by atoms with Crippen molar-refractivity contribution in [2.24, 2.45) is 0 Å². The van der Waals surface area contributed by atoms with Crippen LogP contribution in [0, 0.1) is 11.3 Å². The van der Waals surface area contributed by atoms with E-state index >= 15 is 0 Å². The largest absolute Gasteiger partial charge is 0.616 e. The van der Waals surface area contributed by atoms with Crippen molar-refractivity contribution in [2.45, 2.75) is 93.8 Å². The van der Waals surface area contributed by atoms with E-state index in [-0.39, 0.29) is 5.41 Å². The van der Waals surface area contributed by atoms with Crippen LogP contribution in [0.3, 0.4) is 0 Å². The minimum atomic E-state index is -0.722. The van der Waals surface area contributed by atoms with Crippen LogP contribution in [0.5, 0.6) is 11.5 Å². The molecule has 0 aromatic heterocycles. The highest BCUT2D eigenvalue weighted by Crippen LogP contribution is 2.52. The molecule has 0 radical (unpaired) electrons.